The van der Waals surface area contributed by atoms with E-state index in [1.807, 2.05) is 86.0 Å². The second-order valence-corrected chi connectivity index (χ2v) is 12.9. The predicted molar refractivity (Wildman–Crippen MR) is 177 cm³/mol. The Morgan fingerprint density at radius 3 is 2.51 bits per heavy atom. The Bertz CT molecular complexity index is 1820. The molecule has 1 atom stereocenters. The van der Waals surface area contributed by atoms with Crippen molar-refractivity contribution in [1.29, 1.82) is 0 Å². The molecule has 5 rings (SSSR count). The van der Waals surface area contributed by atoms with E-state index in [0.717, 1.165) is 29.6 Å². The van der Waals surface area contributed by atoms with Crippen molar-refractivity contribution in [1.82, 2.24) is 4.57 Å². The highest BCUT2D eigenvalue weighted by atomic mass is 127. The molecule has 0 radical (unpaired) electrons. The molecule has 0 amide bonds. The molecule has 41 heavy (non-hydrogen) atoms. The summed E-state index contributed by atoms with van der Waals surface area (Å²) >= 11 is 8.73. The van der Waals surface area contributed by atoms with Crippen molar-refractivity contribution in [3.05, 3.63) is 117 Å². The topological polar surface area (TPSA) is 69.9 Å². The van der Waals surface area contributed by atoms with Crippen LogP contribution in [0.25, 0.3) is 11.8 Å². The summed E-state index contributed by atoms with van der Waals surface area (Å²) < 4.78 is 15.4. The summed E-state index contributed by atoms with van der Waals surface area (Å²) in [5.41, 5.74) is 2.96. The molecule has 1 aromatic heterocycles. The highest BCUT2D eigenvalue weighted by molar-refractivity contribution is 14.1. The van der Waals surface area contributed by atoms with Gasteiger partial charge in [-0.15, -0.1) is 11.8 Å². The van der Waals surface area contributed by atoms with Crippen LogP contribution in [0.2, 0.25) is 0 Å². The first-order valence-electron chi connectivity index (χ1n) is 12.9. The lowest BCUT2D eigenvalue weighted by molar-refractivity contribution is -0.138. The van der Waals surface area contributed by atoms with Gasteiger partial charge in [0.1, 0.15) is 5.75 Å². The number of benzene rings is 3. The molecule has 3 aromatic carbocycles. The van der Waals surface area contributed by atoms with Crippen LogP contribution in [-0.4, -0.2) is 30.0 Å². The molecule has 2 heterocycles. The van der Waals surface area contributed by atoms with Crippen molar-refractivity contribution in [3.8, 4) is 5.75 Å². The van der Waals surface area contributed by atoms with Crippen molar-refractivity contribution < 1.29 is 14.3 Å². The van der Waals surface area contributed by atoms with E-state index < -0.39 is 12.0 Å². The predicted octanol–water partition coefficient (Wildman–Crippen LogP) is 6.42. The number of thiazole rings is 1. The van der Waals surface area contributed by atoms with E-state index in [4.69, 9.17) is 14.5 Å². The number of hydrogen-bond donors (Lipinski definition) is 0. The molecule has 1 aliphatic heterocycles. The summed E-state index contributed by atoms with van der Waals surface area (Å²) in [5, 5.41) is 0. The largest absolute Gasteiger partial charge is 0.492 e. The van der Waals surface area contributed by atoms with Gasteiger partial charge in [0, 0.05) is 20.5 Å². The number of rotatable bonds is 8. The van der Waals surface area contributed by atoms with Crippen LogP contribution in [0, 0.1) is 3.57 Å². The highest BCUT2D eigenvalue weighted by Crippen LogP contribution is 2.36. The van der Waals surface area contributed by atoms with Crippen LogP contribution in [0.1, 0.15) is 36.6 Å². The standard InChI is InChI=1S/C31H26BrIN2O4S2/c1-4-38-28-20(15-21(32)17-23(28)33)16-24-29(36)35-27(19-11-13-22(40-3)14-12-19)25(30(37)39-5-2)26(34-31(35)41-24)18-9-7-6-8-10-18/h6-17,27H,4-5H2,1-3H3/b24-16-/t27-/m1/s1. The highest BCUT2D eigenvalue weighted by Gasteiger charge is 2.35. The van der Waals surface area contributed by atoms with Gasteiger partial charge in [0.2, 0.25) is 0 Å². The van der Waals surface area contributed by atoms with E-state index >= 15 is 0 Å². The second kappa shape index (κ2) is 13.1. The van der Waals surface area contributed by atoms with Gasteiger partial charge in [0.25, 0.3) is 5.56 Å². The fraction of sp³-hybridized carbons (Fsp3) is 0.194. The second-order valence-electron chi connectivity index (χ2n) is 8.94. The zero-order chi connectivity index (χ0) is 29.1. The maximum Gasteiger partial charge on any atom is 0.338 e. The number of ether oxygens (including phenoxy) is 2. The van der Waals surface area contributed by atoms with E-state index in [1.54, 1.807) is 23.3 Å². The number of carbonyl (C=O) groups is 1. The van der Waals surface area contributed by atoms with Crippen molar-refractivity contribution in [2.75, 3.05) is 19.5 Å². The quantitative estimate of drug-likeness (QED) is 0.118. The number of esters is 1. The third-order valence-corrected chi connectivity index (χ3v) is 9.40. The molecule has 0 saturated carbocycles. The third kappa shape index (κ3) is 6.11. The third-order valence-electron chi connectivity index (χ3n) is 6.42. The average molecular weight is 762 g/mol. The molecule has 0 aliphatic carbocycles. The molecule has 6 nitrogen and oxygen atoms in total. The van der Waals surface area contributed by atoms with Crippen LogP contribution in [-0.2, 0) is 9.53 Å². The number of thioether (sulfide) groups is 1. The molecular formula is C31H26BrIN2O4S2. The van der Waals surface area contributed by atoms with Crippen molar-refractivity contribution in [2.45, 2.75) is 24.8 Å². The van der Waals surface area contributed by atoms with Crippen molar-refractivity contribution in [2.24, 2.45) is 4.99 Å². The van der Waals surface area contributed by atoms with E-state index in [2.05, 4.69) is 38.5 Å². The Hall–Kier alpha value is -2.67. The van der Waals surface area contributed by atoms with Gasteiger partial charge in [0.05, 0.1) is 38.6 Å². The zero-order valence-electron chi connectivity index (χ0n) is 22.5. The molecule has 0 fully saturated rings. The lowest BCUT2D eigenvalue weighted by atomic mass is 9.93. The minimum Gasteiger partial charge on any atom is -0.492 e. The minimum atomic E-state index is -0.715. The fourth-order valence-corrected chi connectivity index (χ4v) is 7.77. The lowest BCUT2D eigenvalue weighted by Gasteiger charge is -2.26. The first-order chi connectivity index (χ1) is 19.9. The summed E-state index contributed by atoms with van der Waals surface area (Å²) in [4.78, 5) is 34.3. The van der Waals surface area contributed by atoms with Crippen molar-refractivity contribution >= 4 is 79.4 Å². The Balaban J connectivity index is 1.83. The zero-order valence-corrected chi connectivity index (χ0v) is 27.9. The SMILES string of the molecule is CCOC(=O)C1=C(c2ccccc2)N=c2s/c(=C\c3cc(Br)cc(I)c3OCC)c(=O)n2[C@@H]1c1ccc(SC)cc1. The monoisotopic (exact) mass is 760 g/mol. The van der Waals surface area contributed by atoms with Gasteiger partial charge in [-0.05, 0) is 78.6 Å². The van der Waals surface area contributed by atoms with Crippen LogP contribution in [0.4, 0.5) is 0 Å². The van der Waals surface area contributed by atoms with E-state index in [0.29, 0.717) is 33.0 Å². The minimum absolute atomic E-state index is 0.203. The van der Waals surface area contributed by atoms with E-state index in [1.165, 1.54) is 11.3 Å². The van der Waals surface area contributed by atoms with Gasteiger partial charge >= 0.3 is 5.97 Å². The molecule has 0 unspecified atom stereocenters. The maximum absolute atomic E-state index is 14.2. The van der Waals surface area contributed by atoms with Crippen LogP contribution in [0.15, 0.2) is 91.5 Å². The van der Waals surface area contributed by atoms with E-state index in [-0.39, 0.29) is 12.2 Å². The smallest absolute Gasteiger partial charge is 0.338 e. The van der Waals surface area contributed by atoms with Crippen LogP contribution in [0.3, 0.4) is 0 Å². The number of halogens is 2. The van der Waals surface area contributed by atoms with Crippen molar-refractivity contribution in [3.63, 3.8) is 0 Å². The Kier molecular flexibility index (Phi) is 9.52. The molecule has 1 aliphatic rings. The lowest BCUT2D eigenvalue weighted by Crippen LogP contribution is -2.40. The number of fused-ring (bicyclic) bond motifs is 1. The molecule has 0 saturated heterocycles. The van der Waals surface area contributed by atoms with Gasteiger partial charge < -0.3 is 9.47 Å². The average Bonchev–Trinajstić information content (AvgIpc) is 3.28. The summed E-state index contributed by atoms with van der Waals surface area (Å²) in [6, 6.07) is 20.7. The van der Waals surface area contributed by atoms with Gasteiger partial charge in [0.15, 0.2) is 4.80 Å². The number of carbonyl (C=O) groups excluding carboxylic acids is 1. The molecule has 210 valence electrons. The first-order valence-corrected chi connectivity index (χ1v) is 16.8. The van der Waals surface area contributed by atoms with Crippen LogP contribution in [0.5, 0.6) is 5.75 Å². The van der Waals surface area contributed by atoms with Crippen LogP contribution < -0.4 is 19.6 Å². The Morgan fingerprint density at radius 2 is 1.85 bits per heavy atom. The summed E-state index contributed by atoms with van der Waals surface area (Å²) in [5.74, 6) is 0.215. The van der Waals surface area contributed by atoms with Gasteiger partial charge in [-0.2, -0.15) is 0 Å². The Labute approximate surface area is 268 Å². The molecule has 4 aromatic rings. The first kappa shape index (κ1) is 29.8. The molecule has 0 N–H and O–H groups in total. The molecular weight excluding hydrogens is 735 g/mol. The normalized spacial score (nSPS) is 15.0. The van der Waals surface area contributed by atoms with Gasteiger partial charge in [-0.1, -0.05) is 69.7 Å². The van der Waals surface area contributed by atoms with Crippen LogP contribution >= 0.6 is 61.6 Å². The Morgan fingerprint density at radius 1 is 1.12 bits per heavy atom. The van der Waals surface area contributed by atoms with Gasteiger partial charge in [-0.25, -0.2) is 9.79 Å². The fourth-order valence-electron chi connectivity index (χ4n) is 4.67. The molecule has 0 bridgehead atoms. The maximum atomic E-state index is 14.2. The molecule has 0 spiro atoms. The summed E-state index contributed by atoms with van der Waals surface area (Å²) in [6.07, 6.45) is 3.85. The number of aromatic nitrogens is 1. The summed E-state index contributed by atoms with van der Waals surface area (Å²) in [7, 11) is 0. The number of nitrogens with zero attached hydrogens (tertiary/aromatic N) is 2. The molecule has 10 heteroatoms. The van der Waals surface area contributed by atoms with E-state index in [9.17, 15) is 9.59 Å². The van der Waals surface area contributed by atoms with Gasteiger partial charge in [-0.3, -0.25) is 9.36 Å². The number of hydrogen-bond acceptors (Lipinski definition) is 7. The summed E-state index contributed by atoms with van der Waals surface area (Å²) in [6.45, 7) is 4.40.